The Kier molecular flexibility index (Phi) is 3.35. The van der Waals surface area contributed by atoms with Gasteiger partial charge in [0, 0.05) is 6.61 Å². The van der Waals surface area contributed by atoms with E-state index < -0.39 is 0 Å². The van der Waals surface area contributed by atoms with Gasteiger partial charge in [0.1, 0.15) is 5.60 Å². The van der Waals surface area contributed by atoms with Gasteiger partial charge < -0.3 is 14.6 Å². The lowest BCUT2D eigenvalue weighted by Gasteiger charge is -2.24. The van der Waals surface area contributed by atoms with Gasteiger partial charge in [-0.25, -0.2) is 0 Å². The first kappa shape index (κ1) is 12.1. The molecule has 1 saturated heterocycles. The fourth-order valence-electron chi connectivity index (χ4n) is 3.11. The molecule has 1 aromatic rings. The summed E-state index contributed by atoms with van der Waals surface area (Å²) < 4.78 is 11.4. The maximum absolute atomic E-state index is 5.95. The van der Waals surface area contributed by atoms with Gasteiger partial charge in [-0.05, 0) is 52.0 Å². The molecule has 2 fully saturated rings. The Balaban J connectivity index is 1.82. The maximum atomic E-state index is 5.95. The van der Waals surface area contributed by atoms with E-state index in [1.807, 2.05) is 6.92 Å². The molecule has 2 aliphatic rings. The third-order valence-electron chi connectivity index (χ3n) is 4.04. The van der Waals surface area contributed by atoms with E-state index in [4.69, 9.17) is 9.26 Å². The highest BCUT2D eigenvalue weighted by Crippen LogP contribution is 2.41. The molecule has 0 bridgehead atoms. The first-order valence-corrected chi connectivity index (χ1v) is 7.05. The monoisotopic (exact) mass is 251 g/mol. The van der Waals surface area contributed by atoms with Crippen LogP contribution in [-0.4, -0.2) is 23.3 Å². The fraction of sp³-hybridized carbons (Fsp3) is 0.846. The van der Waals surface area contributed by atoms with E-state index in [9.17, 15) is 0 Å². The normalized spacial score (nSPS) is 26.8. The molecule has 5 nitrogen and oxygen atoms in total. The zero-order chi connectivity index (χ0) is 12.4. The average Bonchev–Trinajstić information content (AvgIpc) is 3.11. The smallest absolute Gasteiger partial charge is 0.243 e. The quantitative estimate of drug-likeness (QED) is 0.889. The molecular weight excluding hydrogens is 230 g/mol. The van der Waals surface area contributed by atoms with Crippen LogP contribution in [0.2, 0.25) is 0 Å². The van der Waals surface area contributed by atoms with Gasteiger partial charge in [0.15, 0.2) is 0 Å². The van der Waals surface area contributed by atoms with Crippen LogP contribution in [0.5, 0.6) is 0 Å². The second-order valence-electron chi connectivity index (χ2n) is 5.24. The Bertz CT molecular complexity index is 393. The molecule has 2 heterocycles. The molecule has 1 saturated carbocycles. The van der Waals surface area contributed by atoms with Crippen molar-refractivity contribution in [3.8, 4) is 0 Å². The largest absolute Gasteiger partial charge is 0.367 e. The van der Waals surface area contributed by atoms with E-state index >= 15 is 0 Å². The second kappa shape index (κ2) is 4.97. The minimum atomic E-state index is -0.283. The molecule has 1 N–H and O–H groups in total. The van der Waals surface area contributed by atoms with Gasteiger partial charge in [0.2, 0.25) is 11.7 Å². The number of hydrogen-bond acceptors (Lipinski definition) is 5. The zero-order valence-electron chi connectivity index (χ0n) is 10.9. The van der Waals surface area contributed by atoms with Crippen LogP contribution in [0.1, 0.15) is 63.2 Å². The highest BCUT2D eigenvalue weighted by atomic mass is 16.5. The van der Waals surface area contributed by atoms with Crippen molar-refractivity contribution in [2.75, 3.05) is 13.2 Å². The molecule has 100 valence electrons. The topological polar surface area (TPSA) is 60.2 Å². The molecule has 0 aromatic carbocycles. The summed E-state index contributed by atoms with van der Waals surface area (Å²) in [6, 6.07) is 0.242. The van der Waals surface area contributed by atoms with E-state index in [0.717, 1.165) is 37.5 Å². The van der Waals surface area contributed by atoms with E-state index in [0.29, 0.717) is 6.61 Å². The number of nitrogens with zero attached hydrogens (tertiary/aromatic N) is 2. The zero-order valence-corrected chi connectivity index (χ0v) is 10.9. The Morgan fingerprint density at radius 1 is 1.39 bits per heavy atom. The number of aromatic nitrogens is 2. The van der Waals surface area contributed by atoms with Crippen LogP contribution in [0.15, 0.2) is 4.52 Å². The second-order valence-corrected chi connectivity index (χ2v) is 5.24. The number of rotatable bonds is 4. The summed E-state index contributed by atoms with van der Waals surface area (Å²) in [6.07, 6.45) is 6.66. The van der Waals surface area contributed by atoms with E-state index in [2.05, 4.69) is 15.5 Å². The minimum Gasteiger partial charge on any atom is -0.367 e. The molecular formula is C13H21N3O2. The Morgan fingerprint density at radius 2 is 2.22 bits per heavy atom. The molecule has 18 heavy (non-hydrogen) atoms. The average molecular weight is 251 g/mol. The van der Waals surface area contributed by atoms with Crippen LogP contribution in [0, 0.1) is 0 Å². The van der Waals surface area contributed by atoms with Crippen LogP contribution in [-0.2, 0) is 10.3 Å². The summed E-state index contributed by atoms with van der Waals surface area (Å²) in [5.41, 5.74) is -0.283. The molecule has 5 heteroatoms. The first-order chi connectivity index (χ1) is 8.84. The molecule has 1 aliphatic heterocycles. The Hall–Kier alpha value is -0.940. The van der Waals surface area contributed by atoms with E-state index in [1.165, 1.54) is 19.3 Å². The van der Waals surface area contributed by atoms with E-state index in [-0.39, 0.29) is 11.6 Å². The SMILES string of the molecule is CCOC1(c2noc([C@H]3CCCN3)n2)CCCC1. The van der Waals surface area contributed by atoms with Crippen molar-refractivity contribution in [1.82, 2.24) is 15.5 Å². The van der Waals surface area contributed by atoms with Crippen molar-refractivity contribution in [1.29, 1.82) is 0 Å². The minimum absolute atomic E-state index is 0.242. The Morgan fingerprint density at radius 3 is 2.89 bits per heavy atom. The van der Waals surface area contributed by atoms with Crippen molar-refractivity contribution in [3.05, 3.63) is 11.7 Å². The summed E-state index contributed by atoms with van der Waals surface area (Å²) in [6.45, 7) is 3.77. The van der Waals surface area contributed by atoms with Crippen LogP contribution in [0.4, 0.5) is 0 Å². The summed E-state index contributed by atoms with van der Waals surface area (Å²) in [4.78, 5) is 4.60. The number of ether oxygens (including phenoxy) is 1. The summed E-state index contributed by atoms with van der Waals surface area (Å²) >= 11 is 0. The molecule has 0 spiro atoms. The lowest BCUT2D eigenvalue weighted by atomic mass is 10.0. The van der Waals surface area contributed by atoms with Crippen molar-refractivity contribution in [2.24, 2.45) is 0 Å². The third kappa shape index (κ3) is 2.06. The molecule has 0 amide bonds. The molecule has 1 atom stereocenters. The molecule has 1 aliphatic carbocycles. The summed E-state index contributed by atoms with van der Waals surface area (Å²) in [7, 11) is 0. The van der Waals surface area contributed by atoms with Gasteiger partial charge in [-0.3, -0.25) is 0 Å². The summed E-state index contributed by atoms with van der Waals surface area (Å²) in [5, 5.41) is 7.57. The van der Waals surface area contributed by atoms with Crippen LogP contribution in [0.3, 0.4) is 0 Å². The van der Waals surface area contributed by atoms with Gasteiger partial charge in [0.25, 0.3) is 0 Å². The predicted octanol–water partition coefficient (Wildman–Crippen LogP) is 2.30. The van der Waals surface area contributed by atoms with Crippen molar-refractivity contribution in [2.45, 2.75) is 57.1 Å². The Labute approximate surface area is 107 Å². The van der Waals surface area contributed by atoms with Crippen molar-refractivity contribution in [3.63, 3.8) is 0 Å². The van der Waals surface area contributed by atoms with Crippen molar-refractivity contribution < 1.29 is 9.26 Å². The molecule has 3 rings (SSSR count). The van der Waals surface area contributed by atoms with Crippen LogP contribution < -0.4 is 5.32 Å². The van der Waals surface area contributed by atoms with Crippen LogP contribution in [0.25, 0.3) is 0 Å². The van der Waals surface area contributed by atoms with E-state index in [1.54, 1.807) is 0 Å². The van der Waals surface area contributed by atoms with Crippen molar-refractivity contribution >= 4 is 0 Å². The van der Waals surface area contributed by atoms with Crippen LogP contribution >= 0.6 is 0 Å². The van der Waals surface area contributed by atoms with Gasteiger partial charge in [-0.15, -0.1) is 0 Å². The molecule has 0 radical (unpaired) electrons. The fourth-order valence-corrected chi connectivity index (χ4v) is 3.11. The first-order valence-electron chi connectivity index (χ1n) is 7.05. The standard InChI is InChI=1S/C13H21N3O2/c1-2-17-13(7-3-4-8-13)12-15-11(18-16-12)10-6-5-9-14-10/h10,14H,2-9H2,1H3/t10-/m1/s1. The summed E-state index contributed by atoms with van der Waals surface area (Å²) in [5.74, 6) is 1.49. The van der Waals surface area contributed by atoms with Gasteiger partial charge in [-0.1, -0.05) is 5.16 Å². The predicted molar refractivity (Wildman–Crippen MR) is 66.0 cm³/mol. The highest BCUT2D eigenvalue weighted by Gasteiger charge is 2.41. The lowest BCUT2D eigenvalue weighted by Crippen LogP contribution is -2.28. The molecule has 1 aromatic heterocycles. The molecule has 0 unspecified atom stereocenters. The number of nitrogens with one attached hydrogen (secondary N) is 1. The van der Waals surface area contributed by atoms with Gasteiger partial charge >= 0.3 is 0 Å². The van der Waals surface area contributed by atoms with Gasteiger partial charge in [0.05, 0.1) is 6.04 Å². The van der Waals surface area contributed by atoms with Gasteiger partial charge in [-0.2, -0.15) is 4.98 Å². The third-order valence-corrected chi connectivity index (χ3v) is 4.04. The lowest BCUT2D eigenvalue weighted by molar-refractivity contribution is -0.0469. The number of hydrogen-bond donors (Lipinski definition) is 1. The maximum Gasteiger partial charge on any atom is 0.243 e. The highest BCUT2D eigenvalue weighted by molar-refractivity contribution is 5.06.